The van der Waals surface area contributed by atoms with Gasteiger partial charge in [-0.25, -0.2) is 9.18 Å². The predicted molar refractivity (Wildman–Crippen MR) is 76.4 cm³/mol. The summed E-state index contributed by atoms with van der Waals surface area (Å²) >= 11 is 0. The predicted octanol–water partition coefficient (Wildman–Crippen LogP) is 2.91. The van der Waals surface area contributed by atoms with Gasteiger partial charge in [-0.3, -0.25) is 0 Å². The van der Waals surface area contributed by atoms with E-state index in [2.05, 4.69) is 5.16 Å². The molecule has 0 aliphatic carbocycles. The molecular weight excluding hydrogens is 275 g/mol. The van der Waals surface area contributed by atoms with Crippen molar-refractivity contribution < 1.29 is 19.1 Å². The van der Waals surface area contributed by atoms with Crippen LogP contribution in [-0.4, -0.2) is 41.1 Å². The number of amides is 1. The van der Waals surface area contributed by atoms with Crippen molar-refractivity contribution in [3.8, 4) is 0 Å². The van der Waals surface area contributed by atoms with Gasteiger partial charge in [0.05, 0.1) is 19.3 Å². The second-order valence-corrected chi connectivity index (χ2v) is 6.17. The number of carbonyl (C=O) groups is 1. The molecule has 114 valence electrons. The Labute approximate surface area is 123 Å². The molecule has 1 aromatic rings. The van der Waals surface area contributed by atoms with Crippen molar-refractivity contribution in [3.63, 3.8) is 0 Å². The normalized spacial score (nSPS) is 17.6. The van der Waals surface area contributed by atoms with Gasteiger partial charge in [0.15, 0.2) is 5.67 Å². The van der Waals surface area contributed by atoms with E-state index in [0.29, 0.717) is 11.1 Å². The average Bonchev–Trinajstić information content (AvgIpc) is 2.34. The van der Waals surface area contributed by atoms with Gasteiger partial charge in [-0.1, -0.05) is 29.4 Å². The number of hydrogen-bond acceptors (Lipinski definition) is 4. The first-order chi connectivity index (χ1) is 9.73. The highest BCUT2D eigenvalue weighted by Gasteiger charge is 2.48. The lowest BCUT2D eigenvalue weighted by atomic mass is 9.88. The second-order valence-electron chi connectivity index (χ2n) is 6.17. The Balaban J connectivity index is 1.99. The van der Waals surface area contributed by atoms with Crippen LogP contribution >= 0.6 is 0 Å². The third-order valence-electron chi connectivity index (χ3n) is 3.17. The zero-order valence-corrected chi connectivity index (χ0v) is 12.3. The molecule has 0 atom stereocenters. The van der Waals surface area contributed by atoms with Crippen LogP contribution in [0.2, 0.25) is 0 Å². The van der Waals surface area contributed by atoms with Crippen LogP contribution in [0.3, 0.4) is 0 Å². The van der Waals surface area contributed by atoms with Gasteiger partial charge in [0.25, 0.3) is 0 Å². The van der Waals surface area contributed by atoms with Gasteiger partial charge in [0, 0.05) is 0 Å². The molecule has 0 spiro atoms. The van der Waals surface area contributed by atoms with Crippen molar-refractivity contribution in [1.82, 2.24) is 4.90 Å². The number of oxime groups is 1. The van der Waals surface area contributed by atoms with E-state index in [-0.39, 0.29) is 13.1 Å². The van der Waals surface area contributed by atoms with E-state index in [9.17, 15) is 9.18 Å². The number of benzene rings is 1. The molecule has 1 N–H and O–H groups in total. The highest BCUT2D eigenvalue weighted by Crippen LogP contribution is 2.36. The van der Waals surface area contributed by atoms with Gasteiger partial charge in [-0.15, -0.1) is 0 Å². The maximum atomic E-state index is 14.7. The molecule has 1 aliphatic heterocycles. The van der Waals surface area contributed by atoms with E-state index < -0.39 is 17.4 Å². The molecule has 1 heterocycles. The zero-order chi connectivity index (χ0) is 15.7. The van der Waals surface area contributed by atoms with Crippen LogP contribution in [0.1, 0.15) is 31.9 Å². The van der Waals surface area contributed by atoms with Crippen molar-refractivity contribution in [2.24, 2.45) is 5.16 Å². The number of nitrogens with zero attached hydrogens (tertiary/aromatic N) is 2. The van der Waals surface area contributed by atoms with Crippen LogP contribution in [0.5, 0.6) is 0 Å². The van der Waals surface area contributed by atoms with E-state index in [1.807, 2.05) is 0 Å². The van der Waals surface area contributed by atoms with E-state index in [4.69, 9.17) is 9.94 Å². The molecule has 1 saturated heterocycles. The summed E-state index contributed by atoms with van der Waals surface area (Å²) in [5.74, 6) is 0. The van der Waals surface area contributed by atoms with Gasteiger partial charge in [-0.2, -0.15) is 0 Å². The summed E-state index contributed by atoms with van der Waals surface area (Å²) in [5, 5.41) is 11.3. The highest BCUT2D eigenvalue weighted by atomic mass is 19.1. The van der Waals surface area contributed by atoms with Crippen molar-refractivity contribution in [1.29, 1.82) is 0 Å². The molecule has 0 bridgehead atoms. The molecule has 21 heavy (non-hydrogen) atoms. The molecule has 5 nitrogen and oxygen atoms in total. The van der Waals surface area contributed by atoms with Gasteiger partial charge < -0.3 is 14.8 Å². The third kappa shape index (κ3) is 3.51. The lowest BCUT2D eigenvalue weighted by Crippen LogP contribution is -2.59. The van der Waals surface area contributed by atoms with E-state index >= 15 is 0 Å². The van der Waals surface area contributed by atoms with Crippen LogP contribution in [-0.2, 0) is 10.4 Å². The second kappa shape index (κ2) is 5.35. The first kappa shape index (κ1) is 15.3. The molecule has 1 fully saturated rings. The fourth-order valence-corrected chi connectivity index (χ4v) is 2.13. The Bertz CT molecular complexity index is 543. The number of ether oxygens (including phenoxy) is 1. The third-order valence-corrected chi connectivity index (χ3v) is 3.17. The Morgan fingerprint density at radius 1 is 1.38 bits per heavy atom. The van der Waals surface area contributed by atoms with Crippen LogP contribution in [0, 0.1) is 0 Å². The van der Waals surface area contributed by atoms with Gasteiger partial charge in [-0.05, 0) is 31.9 Å². The average molecular weight is 294 g/mol. The topological polar surface area (TPSA) is 62.1 Å². The van der Waals surface area contributed by atoms with Crippen molar-refractivity contribution in [2.45, 2.75) is 32.0 Å². The molecule has 0 aromatic heterocycles. The lowest BCUT2D eigenvalue weighted by molar-refractivity contribution is -0.0537. The molecule has 0 unspecified atom stereocenters. The summed E-state index contributed by atoms with van der Waals surface area (Å²) in [5.41, 5.74) is -0.964. The molecule has 1 amide bonds. The van der Waals surface area contributed by atoms with Crippen LogP contribution in [0.4, 0.5) is 9.18 Å². The van der Waals surface area contributed by atoms with Gasteiger partial charge in [0.1, 0.15) is 5.60 Å². The molecule has 2 rings (SSSR count). The number of rotatable bonds is 2. The maximum Gasteiger partial charge on any atom is 0.410 e. The molecule has 1 aromatic carbocycles. The quantitative estimate of drug-likeness (QED) is 0.518. The van der Waals surface area contributed by atoms with Crippen molar-refractivity contribution >= 4 is 12.3 Å². The minimum Gasteiger partial charge on any atom is -0.444 e. The minimum absolute atomic E-state index is 0.0185. The zero-order valence-electron chi connectivity index (χ0n) is 12.3. The fraction of sp³-hybridized carbons (Fsp3) is 0.467. The van der Waals surface area contributed by atoms with Gasteiger partial charge >= 0.3 is 6.09 Å². The van der Waals surface area contributed by atoms with Crippen molar-refractivity contribution in [3.05, 3.63) is 35.4 Å². The number of likely N-dealkylation sites (tertiary alicyclic amines) is 1. The number of halogens is 1. The first-order valence-corrected chi connectivity index (χ1v) is 6.68. The van der Waals surface area contributed by atoms with E-state index in [1.165, 1.54) is 11.1 Å². The monoisotopic (exact) mass is 294 g/mol. The Morgan fingerprint density at radius 2 is 1.95 bits per heavy atom. The first-order valence-electron chi connectivity index (χ1n) is 6.68. The van der Waals surface area contributed by atoms with Gasteiger partial charge in [0.2, 0.25) is 0 Å². The van der Waals surface area contributed by atoms with E-state index in [1.54, 1.807) is 45.0 Å². The van der Waals surface area contributed by atoms with E-state index in [0.717, 1.165) is 0 Å². The Kier molecular flexibility index (Phi) is 3.89. The Hall–Kier alpha value is -2.11. The molecule has 1 aliphatic rings. The SMILES string of the molecule is CC(C)(C)OC(=O)N1CC(F)(c2ccc(/C=N/O)cc2)C1. The summed E-state index contributed by atoms with van der Waals surface area (Å²) in [6, 6.07) is 6.58. The largest absolute Gasteiger partial charge is 0.444 e. The standard InChI is InChI=1S/C15H19FN2O3/c1-14(2,3)21-13(19)18-9-15(16,10-18)12-6-4-11(5-7-12)8-17-20/h4-8,20H,9-10H2,1-3H3/b17-8+. The highest BCUT2D eigenvalue weighted by molar-refractivity contribution is 5.79. The summed E-state index contributed by atoms with van der Waals surface area (Å²) in [6.45, 7) is 5.28. The number of hydrogen-bond donors (Lipinski definition) is 1. The van der Waals surface area contributed by atoms with Crippen LogP contribution in [0.25, 0.3) is 0 Å². The summed E-state index contributed by atoms with van der Waals surface area (Å²) < 4.78 is 19.9. The molecule has 0 saturated carbocycles. The molecule has 6 heteroatoms. The van der Waals surface area contributed by atoms with Crippen LogP contribution < -0.4 is 0 Å². The lowest BCUT2D eigenvalue weighted by Gasteiger charge is -2.44. The molecular formula is C15H19FN2O3. The Morgan fingerprint density at radius 3 is 2.43 bits per heavy atom. The molecule has 0 radical (unpaired) electrons. The maximum absolute atomic E-state index is 14.7. The smallest absolute Gasteiger partial charge is 0.410 e. The number of carbonyl (C=O) groups excluding carboxylic acids is 1. The number of alkyl halides is 1. The fourth-order valence-electron chi connectivity index (χ4n) is 2.13. The van der Waals surface area contributed by atoms with Crippen molar-refractivity contribution in [2.75, 3.05) is 13.1 Å². The minimum atomic E-state index is -1.55. The summed E-state index contributed by atoms with van der Waals surface area (Å²) in [6.07, 6.45) is 0.766. The summed E-state index contributed by atoms with van der Waals surface area (Å²) in [7, 11) is 0. The van der Waals surface area contributed by atoms with Crippen LogP contribution in [0.15, 0.2) is 29.4 Å². The summed E-state index contributed by atoms with van der Waals surface area (Å²) in [4.78, 5) is 13.1.